The second-order valence-corrected chi connectivity index (χ2v) is 3.77. The van der Waals surface area contributed by atoms with Gasteiger partial charge in [0.1, 0.15) is 0 Å². The molecule has 1 atom stereocenters. The summed E-state index contributed by atoms with van der Waals surface area (Å²) >= 11 is 0. The van der Waals surface area contributed by atoms with Crippen LogP contribution in [-0.4, -0.2) is 6.67 Å². The third kappa shape index (κ3) is 1.96. The Balaban J connectivity index is 2.17. The summed E-state index contributed by atoms with van der Waals surface area (Å²) in [6, 6.07) is 0. The van der Waals surface area contributed by atoms with Gasteiger partial charge in [0.15, 0.2) is 0 Å². The van der Waals surface area contributed by atoms with Crippen LogP contribution < -0.4 is 0 Å². The molecule has 0 heterocycles. The molecule has 0 N–H and O–H groups in total. The van der Waals surface area contributed by atoms with E-state index in [1.165, 1.54) is 12.8 Å². The van der Waals surface area contributed by atoms with Crippen LogP contribution in [0.2, 0.25) is 0 Å². The first kappa shape index (κ1) is 7.04. The Morgan fingerprint density at radius 3 is 2.44 bits per heavy atom. The number of halogens is 1. The van der Waals surface area contributed by atoms with E-state index >= 15 is 0 Å². The largest absolute Gasteiger partial charge is 0.251 e. The third-order valence-corrected chi connectivity index (χ3v) is 2.21. The molecular formula is C8H15F. The highest BCUT2D eigenvalue weighted by Gasteiger charge is 2.37. The first-order valence-electron chi connectivity index (χ1n) is 3.72. The van der Waals surface area contributed by atoms with Gasteiger partial charge in [-0.15, -0.1) is 0 Å². The first-order valence-corrected chi connectivity index (χ1v) is 3.72. The van der Waals surface area contributed by atoms with Gasteiger partial charge in [0.05, 0.1) is 6.67 Å². The van der Waals surface area contributed by atoms with Crippen LogP contribution in [0.1, 0.15) is 33.1 Å². The minimum Gasteiger partial charge on any atom is -0.251 e. The molecule has 1 aliphatic carbocycles. The van der Waals surface area contributed by atoms with Gasteiger partial charge in [0, 0.05) is 0 Å². The zero-order chi connectivity index (χ0) is 6.91. The summed E-state index contributed by atoms with van der Waals surface area (Å²) in [5.41, 5.74) is 0.533. The van der Waals surface area contributed by atoms with Crippen LogP contribution in [0.4, 0.5) is 4.39 Å². The molecule has 54 valence electrons. The molecule has 0 aromatic rings. The van der Waals surface area contributed by atoms with Crippen LogP contribution in [0, 0.1) is 11.3 Å². The molecular weight excluding hydrogens is 115 g/mol. The van der Waals surface area contributed by atoms with Crippen molar-refractivity contribution in [2.24, 2.45) is 11.3 Å². The maximum atomic E-state index is 11.9. The molecule has 1 rings (SSSR count). The molecule has 1 fully saturated rings. The molecule has 0 aromatic carbocycles. The number of alkyl halides is 1. The monoisotopic (exact) mass is 130 g/mol. The van der Waals surface area contributed by atoms with Gasteiger partial charge in [-0.1, -0.05) is 13.8 Å². The molecule has 0 saturated heterocycles. The van der Waals surface area contributed by atoms with Gasteiger partial charge in [-0.25, -0.2) is 0 Å². The summed E-state index contributed by atoms with van der Waals surface area (Å²) in [5, 5.41) is 0. The van der Waals surface area contributed by atoms with E-state index in [2.05, 4.69) is 6.92 Å². The van der Waals surface area contributed by atoms with E-state index in [1.54, 1.807) is 0 Å². The molecule has 0 radical (unpaired) electrons. The van der Waals surface area contributed by atoms with Crippen molar-refractivity contribution in [3.8, 4) is 0 Å². The molecule has 0 amide bonds. The Bertz CT molecular complexity index is 94.7. The smallest absolute Gasteiger partial charge is 0.0920 e. The van der Waals surface area contributed by atoms with Gasteiger partial charge < -0.3 is 0 Å². The topological polar surface area (TPSA) is 0 Å². The predicted molar refractivity (Wildman–Crippen MR) is 37.1 cm³/mol. The van der Waals surface area contributed by atoms with Gasteiger partial charge >= 0.3 is 0 Å². The molecule has 0 nitrogen and oxygen atoms in total. The van der Waals surface area contributed by atoms with Gasteiger partial charge in [-0.3, -0.25) is 4.39 Å². The van der Waals surface area contributed by atoms with Crippen LogP contribution in [0.3, 0.4) is 0 Å². The molecule has 0 aromatic heterocycles. The van der Waals surface area contributed by atoms with Crippen molar-refractivity contribution in [1.82, 2.24) is 0 Å². The first-order chi connectivity index (χ1) is 4.16. The summed E-state index contributed by atoms with van der Waals surface area (Å²) in [5.74, 6) is 0.289. The second-order valence-electron chi connectivity index (χ2n) is 3.77. The third-order valence-electron chi connectivity index (χ3n) is 2.21. The Hall–Kier alpha value is -0.0700. The molecule has 1 unspecified atom stereocenters. The summed E-state index contributed by atoms with van der Waals surface area (Å²) < 4.78 is 11.9. The van der Waals surface area contributed by atoms with Crippen LogP contribution in [0.5, 0.6) is 0 Å². The average molecular weight is 130 g/mol. The molecule has 0 bridgehead atoms. The lowest BCUT2D eigenvalue weighted by Gasteiger charge is -2.11. The molecule has 1 aliphatic rings. The van der Waals surface area contributed by atoms with Gasteiger partial charge in [0.2, 0.25) is 0 Å². The molecule has 1 heteroatoms. The van der Waals surface area contributed by atoms with Crippen molar-refractivity contribution < 1.29 is 4.39 Å². The Labute approximate surface area is 56.5 Å². The minimum absolute atomic E-state index is 0.143. The number of rotatable bonds is 3. The van der Waals surface area contributed by atoms with Gasteiger partial charge in [0.25, 0.3) is 0 Å². The molecule has 9 heavy (non-hydrogen) atoms. The van der Waals surface area contributed by atoms with E-state index in [4.69, 9.17) is 0 Å². The minimum atomic E-state index is -0.143. The van der Waals surface area contributed by atoms with E-state index in [0.29, 0.717) is 5.41 Å². The predicted octanol–water partition coefficient (Wildman–Crippen LogP) is 2.78. The Morgan fingerprint density at radius 1 is 1.56 bits per heavy atom. The molecule has 0 aliphatic heterocycles. The fourth-order valence-corrected chi connectivity index (χ4v) is 1.31. The lowest BCUT2D eigenvalue weighted by atomic mass is 9.96. The highest BCUT2D eigenvalue weighted by Crippen LogP contribution is 2.49. The van der Waals surface area contributed by atoms with Crippen LogP contribution in [-0.2, 0) is 0 Å². The quantitative estimate of drug-likeness (QED) is 0.551. The average Bonchev–Trinajstić information content (AvgIpc) is 2.48. The van der Waals surface area contributed by atoms with Crippen molar-refractivity contribution in [1.29, 1.82) is 0 Å². The van der Waals surface area contributed by atoms with E-state index < -0.39 is 0 Å². The maximum absolute atomic E-state index is 11.9. The van der Waals surface area contributed by atoms with Crippen molar-refractivity contribution in [2.75, 3.05) is 6.67 Å². The Morgan fingerprint density at radius 2 is 2.11 bits per heavy atom. The van der Waals surface area contributed by atoms with Crippen molar-refractivity contribution in [2.45, 2.75) is 33.1 Å². The molecule has 1 saturated carbocycles. The van der Waals surface area contributed by atoms with Crippen LogP contribution >= 0.6 is 0 Å². The second kappa shape index (κ2) is 2.28. The zero-order valence-corrected chi connectivity index (χ0v) is 6.28. The normalized spacial score (nSPS) is 25.7. The van der Waals surface area contributed by atoms with Crippen molar-refractivity contribution in [3.05, 3.63) is 0 Å². The summed E-state index contributed by atoms with van der Waals surface area (Å²) in [4.78, 5) is 0. The van der Waals surface area contributed by atoms with Crippen molar-refractivity contribution in [3.63, 3.8) is 0 Å². The number of hydrogen-bond donors (Lipinski definition) is 0. The summed E-state index contributed by atoms with van der Waals surface area (Å²) in [7, 11) is 0. The van der Waals surface area contributed by atoms with E-state index in [1.807, 2.05) is 6.92 Å². The van der Waals surface area contributed by atoms with Gasteiger partial charge in [-0.05, 0) is 30.6 Å². The van der Waals surface area contributed by atoms with Gasteiger partial charge in [-0.2, -0.15) is 0 Å². The fourth-order valence-electron chi connectivity index (χ4n) is 1.31. The maximum Gasteiger partial charge on any atom is 0.0920 e. The van der Waals surface area contributed by atoms with E-state index in [-0.39, 0.29) is 12.6 Å². The molecule has 0 spiro atoms. The number of hydrogen-bond acceptors (Lipinski definition) is 0. The van der Waals surface area contributed by atoms with Crippen LogP contribution in [0.25, 0.3) is 0 Å². The SMILES string of the molecule is CC(CF)CC1(C)CC1. The standard InChI is InChI=1S/C8H15F/c1-7(6-9)5-8(2)3-4-8/h7H,3-6H2,1-2H3. The van der Waals surface area contributed by atoms with Crippen LogP contribution in [0.15, 0.2) is 0 Å². The highest BCUT2D eigenvalue weighted by molar-refractivity contribution is 4.89. The summed E-state index contributed by atoms with van der Waals surface area (Å²) in [6.07, 6.45) is 3.72. The fraction of sp³-hybridized carbons (Fsp3) is 1.00. The zero-order valence-electron chi connectivity index (χ0n) is 6.28. The lowest BCUT2D eigenvalue weighted by molar-refractivity contribution is 0.314. The van der Waals surface area contributed by atoms with E-state index in [9.17, 15) is 4.39 Å². The Kier molecular flexibility index (Phi) is 1.78. The summed E-state index contributed by atoms with van der Waals surface area (Å²) in [6.45, 7) is 4.10. The van der Waals surface area contributed by atoms with E-state index in [0.717, 1.165) is 6.42 Å². The highest BCUT2D eigenvalue weighted by atomic mass is 19.1. The van der Waals surface area contributed by atoms with Crippen molar-refractivity contribution >= 4 is 0 Å². The lowest BCUT2D eigenvalue weighted by Crippen LogP contribution is -2.04.